The van der Waals surface area contributed by atoms with E-state index >= 15 is 0 Å². The van der Waals surface area contributed by atoms with Gasteiger partial charge in [-0.3, -0.25) is 4.79 Å². The van der Waals surface area contributed by atoms with Gasteiger partial charge in [-0.05, 0) is 30.5 Å². The lowest BCUT2D eigenvalue weighted by atomic mass is 10.2. The highest BCUT2D eigenvalue weighted by Gasteiger charge is 2.22. The van der Waals surface area contributed by atoms with E-state index in [4.69, 9.17) is 4.74 Å². The molecule has 4 heterocycles. The summed E-state index contributed by atoms with van der Waals surface area (Å²) in [7, 11) is 1.34. The van der Waals surface area contributed by atoms with Crippen LogP contribution in [0.25, 0.3) is 33.3 Å². The molecular weight excluding hydrogens is 390 g/mol. The molecule has 0 atom stereocenters. The molecule has 0 bridgehead atoms. The van der Waals surface area contributed by atoms with Gasteiger partial charge in [-0.2, -0.15) is 14.6 Å². The van der Waals surface area contributed by atoms with Crippen molar-refractivity contribution in [2.24, 2.45) is 0 Å². The van der Waals surface area contributed by atoms with Gasteiger partial charge in [0.15, 0.2) is 17.0 Å². The molecule has 10 heteroatoms. The van der Waals surface area contributed by atoms with Gasteiger partial charge in [0.1, 0.15) is 5.69 Å². The van der Waals surface area contributed by atoms with Gasteiger partial charge in [0.25, 0.3) is 5.78 Å². The third-order valence-electron chi connectivity index (χ3n) is 4.50. The summed E-state index contributed by atoms with van der Waals surface area (Å²) in [5.74, 6) is 0.520. The Bertz CT molecular complexity index is 1340. The van der Waals surface area contributed by atoms with Crippen LogP contribution in [-0.4, -0.2) is 47.7 Å². The maximum absolute atomic E-state index is 11.9. The predicted molar refractivity (Wildman–Crippen MR) is 107 cm³/mol. The summed E-state index contributed by atoms with van der Waals surface area (Å²) in [6.07, 6.45) is -0.0154. The van der Waals surface area contributed by atoms with Crippen molar-refractivity contribution in [2.45, 2.75) is 13.3 Å². The summed E-state index contributed by atoms with van der Waals surface area (Å²) in [4.78, 5) is 17.3. The third-order valence-corrected chi connectivity index (χ3v) is 5.36. The van der Waals surface area contributed by atoms with Gasteiger partial charge >= 0.3 is 5.97 Å². The summed E-state index contributed by atoms with van der Waals surface area (Å²) in [6, 6.07) is 11.8. The summed E-state index contributed by atoms with van der Waals surface area (Å²) < 4.78 is 8.13. The standard InChI is InChI=1S/C19H15N7O2S/c1-11-5-7-12(8-6-11)25-18-16(13(23-25)10-15(27)28-2)21-22-19-20-17(24-26(18)19)14-4-3-9-29-14/h3-9H,10H2,1-2H3. The Balaban J connectivity index is 1.79. The van der Waals surface area contributed by atoms with Crippen molar-refractivity contribution in [2.75, 3.05) is 7.11 Å². The van der Waals surface area contributed by atoms with E-state index in [0.29, 0.717) is 28.5 Å². The van der Waals surface area contributed by atoms with Gasteiger partial charge in [0.2, 0.25) is 0 Å². The van der Waals surface area contributed by atoms with Crippen LogP contribution in [0.15, 0.2) is 41.8 Å². The number of benzene rings is 1. The maximum Gasteiger partial charge on any atom is 0.311 e. The number of carbonyl (C=O) groups excluding carboxylic acids is 1. The summed E-state index contributed by atoms with van der Waals surface area (Å²) >= 11 is 1.55. The van der Waals surface area contributed by atoms with E-state index in [9.17, 15) is 4.79 Å². The molecule has 5 aromatic rings. The van der Waals surface area contributed by atoms with E-state index in [1.54, 1.807) is 20.5 Å². The lowest BCUT2D eigenvalue weighted by molar-refractivity contribution is -0.139. The van der Waals surface area contributed by atoms with Crippen LogP contribution in [0, 0.1) is 6.92 Å². The number of methoxy groups -OCH3 is 1. The molecule has 144 valence electrons. The first-order valence-corrected chi connectivity index (χ1v) is 9.71. The number of aryl methyl sites for hydroxylation is 1. The minimum atomic E-state index is -0.403. The van der Waals surface area contributed by atoms with Gasteiger partial charge in [-0.15, -0.1) is 26.6 Å². The van der Waals surface area contributed by atoms with Crippen LogP contribution >= 0.6 is 11.3 Å². The molecule has 0 spiro atoms. The normalized spacial score (nSPS) is 11.4. The van der Waals surface area contributed by atoms with E-state index in [1.807, 2.05) is 48.7 Å². The minimum Gasteiger partial charge on any atom is -0.469 e. The number of aromatic nitrogens is 7. The van der Waals surface area contributed by atoms with E-state index in [-0.39, 0.29) is 6.42 Å². The summed E-state index contributed by atoms with van der Waals surface area (Å²) in [5, 5.41) is 19.7. The molecular formula is C19H15N7O2S. The van der Waals surface area contributed by atoms with Crippen LogP contribution in [0.4, 0.5) is 0 Å². The van der Waals surface area contributed by atoms with Crippen molar-refractivity contribution in [1.82, 2.24) is 34.6 Å². The Labute approximate surface area is 168 Å². The molecule has 0 aliphatic heterocycles. The second kappa shape index (κ2) is 6.74. The molecule has 29 heavy (non-hydrogen) atoms. The average Bonchev–Trinajstić information content (AvgIpc) is 3.46. The molecule has 0 aliphatic rings. The van der Waals surface area contributed by atoms with Crippen molar-refractivity contribution in [3.05, 3.63) is 53.0 Å². The van der Waals surface area contributed by atoms with E-state index in [2.05, 4.69) is 25.4 Å². The first-order chi connectivity index (χ1) is 14.1. The van der Waals surface area contributed by atoms with Crippen molar-refractivity contribution >= 4 is 34.2 Å². The molecule has 0 saturated heterocycles. The Morgan fingerprint density at radius 1 is 1.14 bits per heavy atom. The van der Waals surface area contributed by atoms with Crippen molar-refractivity contribution in [3.8, 4) is 16.4 Å². The molecule has 0 radical (unpaired) electrons. The molecule has 9 nitrogen and oxygen atoms in total. The number of esters is 1. The fraction of sp³-hybridized carbons (Fsp3) is 0.158. The number of nitrogens with zero attached hydrogens (tertiary/aromatic N) is 7. The number of fused-ring (bicyclic) bond motifs is 3. The summed E-state index contributed by atoms with van der Waals surface area (Å²) in [5.41, 5.74) is 3.49. The van der Waals surface area contributed by atoms with E-state index in [0.717, 1.165) is 16.1 Å². The second-order valence-corrected chi connectivity index (χ2v) is 7.39. The third kappa shape index (κ3) is 2.93. The van der Waals surface area contributed by atoms with E-state index < -0.39 is 5.97 Å². The topological polar surface area (TPSA) is 100 Å². The zero-order valence-corrected chi connectivity index (χ0v) is 16.4. The fourth-order valence-corrected chi connectivity index (χ4v) is 3.70. The predicted octanol–water partition coefficient (Wildman–Crippen LogP) is 2.61. The number of rotatable bonds is 4. The second-order valence-electron chi connectivity index (χ2n) is 6.44. The molecule has 0 unspecified atom stereocenters. The smallest absolute Gasteiger partial charge is 0.311 e. The number of thiophene rings is 1. The monoisotopic (exact) mass is 405 g/mol. The quantitative estimate of drug-likeness (QED) is 0.424. The van der Waals surface area contributed by atoms with Crippen LogP contribution in [0.3, 0.4) is 0 Å². The Morgan fingerprint density at radius 2 is 1.97 bits per heavy atom. The number of carbonyl (C=O) groups is 1. The highest BCUT2D eigenvalue weighted by molar-refractivity contribution is 7.13. The molecule has 0 amide bonds. The van der Waals surface area contributed by atoms with Crippen LogP contribution in [0.1, 0.15) is 11.3 Å². The lowest BCUT2D eigenvalue weighted by Gasteiger charge is -2.04. The van der Waals surface area contributed by atoms with Crippen LogP contribution < -0.4 is 0 Å². The van der Waals surface area contributed by atoms with Crippen LogP contribution in [0.5, 0.6) is 0 Å². The zero-order valence-electron chi connectivity index (χ0n) is 15.6. The number of hydrogen-bond acceptors (Lipinski definition) is 8. The SMILES string of the molecule is COC(=O)Cc1nn(-c2ccc(C)cc2)c2c1nnc1nc(-c3cccs3)nn12. The Hall–Kier alpha value is -3.66. The van der Waals surface area contributed by atoms with Gasteiger partial charge in [0, 0.05) is 0 Å². The van der Waals surface area contributed by atoms with Gasteiger partial charge in [-0.25, -0.2) is 4.68 Å². The van der Waals surface area contributed by atoms with Crippen molar-refractivity contribution in [3.63, 3.8) is 0 Å². The maximum atomic E-state index is 11.9. The molecule has 0 aliphatic carbocycles. The van der Waals surface area contributed by atoms with Gasteiger partial charge in [-0.1, -0.05) is 23.8 Å². The first-order valence-electron chi connectivity index (χ1n) is 8.83. The van der Waals surface area contributed by atoms with Gasteiger partial charge in [0.05, 0.1) is 24.1 Å². The number of hydrogen-bond donors (Lipinski definition) is 0. The Morgan fingerprint density at radius 3 is 2.69 bits per heavy atom. The highest BCUT2D eigenvalue weighted by Crippen LogP contribution is 2.25. The molecule has 5 rings (SSSR count). The fourth-order valence-electron chi connectivity index (χ4n) is 3.05. The van der Waals surface area contributed by atoms with Crippen LogP contribution in [0.2, 0.25) is 0 Å². The lowest BCUT2D eigenvalue weighted by Crippen LogP contribution is -2.06. The van der Waals surface area contributed by atoms with Gasteiger partial charge < -0.3 is 4.74 Å². The largest absolute Gasteiger partial charge is 0.469 e. The van der Waals surface area contributed by atoms with Crippen molar-refractivity contribution < 1.29 is 9.53 Å². The minimum absolute atomic E-state index is 0.0154. The molecule has 1 aromatic carbocycles. The molecule has 0 N–H and O–H groups in total. The van der Waals surface area contributed by atoms with Crippen molar-refractivity contribution in [1.29, 1.82) is 0 Å². The molecule has 4 aromatic heterocycles. The first kappa shape index (κ1) is 17.4. The van der Waals surface area contributed by atoms with Crippen LogP contribution in [-0.2, 0) is 16.0 Å². The molecule has 0 saturated carbocycles. The number of ether oxygens (including phenoxy) is 1. The molecule has 0 fully saturated rings. The average molecular weight is 405 g/mol. The summed E-state index contributed by atoms with van der Waals surface area (Å²) in [6.45, 7) is 2.02. The Kier molecular flexibility index (Phi) is 4.06. The highest BCUT2D eigenvalue weighted by atomic mass is 32.1. The zero-order chi connectivity index (χ0) is 20.0. The van der Waals surface area contributed by atoms with E-state index in [1.165, 1.54) is 7.11 Å².